The summed E-state index contributed by atoms with van der Waals surface area (Å²) in [6.45, 7) is 0.864. The Hall–Kier alpha value is -3.43. The Bertz CT molecular complexity index is 1090. The zero-order chi connectivity index (χ0) is 19.4. The standard InChI is InChI=1S/C17H14O9/c1-17(24,25)12-9(20)5-10-11(13(12)21)14(22)15(23)16(26-10)6-2-3-7(18)8(19)4-6/h2-5,18-21,23-25H,1H3. The van der Waals surface area contributed by atoms with Crippen LogP contribution in [0.25, 0.3) is 22.3 Å². The van der Waals surface area contributed by atoms with E-state index < -0.39 is 50.9 Å². The molecule has 7 N–H and O–H groups in total. The third-order valence-corrected chi connectivity index (χ3v) is 3.82. The third-order valence-electron chi connectivity index (χ3n) is 3.82. The Kier molecular flexibility index (Phi) is 3.71. The third kappa shape index (κ3) is 2.55. The minimum atomic E-state index is -2.66. The van der Waals surface area contributed by atoms with Gasteiger partial charge in [-0.25, -0.2) is 0 Å². The lowest BCUT2D eigenvalue weighted by atomic mass is 10.0. The molecule has 0 bridgehead atoms. The predicted molar refractivity (Wildman–Crippen MR) is 88.0 cm³/mol. The first kappa shape index (κ1) is 17.4. The number of hydrogen-bond acceptors (Lipinski definition) is 9. The van der Waals surface area contributed by atoms with Gasteiger partial charge in [0.1, 0.15) is 22.5 Å². The van der Waals surface area contributed by atoms with Gasteiger partial charge in [0.15, 0.2) is 23.0 Å². The second-order valence-corrected chi connectivity index (χ2v) is 5.83. The van der Waals surface area contributed by atoms with Gasteiger partial charge < -0.3 is 40.2 Å². The van der Waals surface area contributed by atoms with Crippen LogP contribution in [-0.4, -0.2) is 35.7 Å². The molecule has 0 atom stereocenters. The van der Waals surface area contributed by atoms with Crippen LogP contribution in [0.5, 0.6) is 28.7 Å². The number of hydrogen-bond donors (Lipinski definition) is 7. The lowest BCUT2D eigenvalue weighted by molar-refractivity contribution is -0.154. The topological polar surface area (TPSA) is 172 Å². The summed E-state index contributed by atoms with van der Waals surface area (Å²) in [5, 5.41) is 67.9. The smallest absolute Gasteiger partial charge is 0.238 e. The lowest BCUT2D eigenvalue weighted by Gasteiger charge is -2.20. The molecule has 0 aliphatic rings. The normalized spacial score (nSPS) is 11.8. The van der Waals surface area contributed by atoms with Gasteiger partial charge in [-0.15, -0.1) is 0 Å². The molecule has 0 spiro atoms. The summed E-state index contributed by atoms with van der Waals surface area (Å²) >= 11 is 0. The van der Waals surface area contributed by atoms with Crippen molar-refractivity contribution in [1.29, 1.82) is 0 Å². The fourth-order valence-corrected chi connectivity index (χ4v) is 2.64. The second kappa shape index (κ2) is 5.55. The molecule has 0 aliphatic carbocycles. The highest BCUT2D eigenvalue weighted by Gasteiger charge is 2.31. The van der Waals surface area contributed by atoms with E-state index in [1.54, 1.807) is 0 Å². The van der Waals surface area contributed by atoms with Crippen molar-refractivity contribution in [2.24, 2.45) is 0 Å². The number of aromatic hydroxyl groups is 5. The highest BCUT2D eigenvalue weighted by molar-refractivity contribution is 5.90. The maximum absolute atomic E-state index is 12.5. The summed E-state index contributed by atoms with van der Waals surface area (Å²) in [5.41, 5.74) is -2.14. The molecular formula is C17H14O9. The number of phenolic OH excluding ortho intramolecular Hbond substituents is 4. The van der Waals surface area contributed by atoms with Crippen LogP contribution in [0, 0.1) is 0 Å². The predicted octanol–water partition coefficient (Wildman–Crippen LogP) is 1.15. The van der Waals surface area contributed by atoms with E-state index in [0.717, 1.165) is 25.1 Å². The SMILES string of the molecule is CC(O)(O)c1c(O)cc2oc(-c3ccc(O)c(O)c3)c(O)c(=O)c2c1O. The van der Waals surface area contributed by atoms with E-state index in [2.05, 4.69) is 0 Å². The van der Waals surface area contributed by atoms with Crippen LogP contribution in [0.15, 0.2) is 33.5 Å². The first-order chi connectivity index (χ1) is 12.0. The molecule has 2 aromatic carbocycles. The number of fused-ring (bicyclic) bond motifs is 1. The van der Waals surface area contributed by atoms with Gasteiger partial charge in [0, 0.05) is 11.6 Å². The van der Waals surface area contributed by atoms with Gasteiger partial charge in [-0.2, -0.15) is 0 Å². The summed E-state index contributed by atoms with van der Waals surface area (Å²) in [5.74, 6) is -6.64. The van der Waals surface area contributed by atoms with E-state index in [9.17, 15) is 40.5 Å². The molecule has 3 aromatic rings. The van der Waals surface area contributed by atoms with Crippen molar-refractivity contribution in [3.63, 3.8) is 0 Å². The summed E-state index contributed by atoms with van der Waals surface area (Å²) in [4.78, 5) is 12.5. The average Bonchev–Trinajstić information content (AvgIpc) is 2.51. The fourth-order valence-electron chi connectivity index (χ4n) is 2.64. The monoisotopic (exact) mass is 362 g/mol. The van der Waals surface area contributed by atoms with Crippen molar-refractivity contribution in [3.8, 4) is 40.1 Å². The molecule has 0 saturated heterocycles. The first-order valence-electron chi connectivity index (χ1n) is 7.24. The van der Waals surface area contributed by atoms with E-state index in [0.29, 0.717) is 0 Å². The maximum Gasteiger partial charge on any atom is 0.238 e. The van der Waals surface area contributed by atoms with Crippen LogP contribution in [0.3, 0.4) is 0 Å². The number of phenols is 4. The number of aliphatic hydroxyl groups is 2. The van der Waals surface area contributed by atoms with Gasteiger partial charge >= 0.3 is 0 Å². The molecule has 0 unspecified atom stereocenters. The minimum Gasteiger partial charge on any atom is -0.507 e. The molecule has 9 heteroatoms. The van der Waals surface area contributed by atoms with Crippen molar-refractivity contribution < 1.29 is 40.2 Å². The van der Waals surface area contributed by atoms with Gasteiger partial charge in [-0.1, -0.05) is 0 Å². The van der Waals surface area contributed by atoms with E-state index in [4.69, 9.17) is 4.42 Å². The highest BCUT2D eigenvalue weighted by Crippen LogP contribution is 2.42. The van der Waals surface area contributed by atoms with Crippen LogP contribution in [0.1, 0.15) is 12.5 Å². The van der Waals surface area contributed by atoms with Crippen LogP contribution in [-0.2, 0) is 5.79 Å². The Morgan fingerprint density at radius 3 is 2.12 bits per heavy atom. The van der Waals surface area contributed by atoms with Gasteiger partial charge in [-0.05, 0) is 25.1 Å². The Morgan fingerprint density at radius 2 is 1.54 bits per heavy atom. The molecule has 3 rings (SSSR count). The van der Waals surface area contributed by atoms with E-state index in [-0.39, 0.29) is 16.9 Å². The molecule has 0 amide bonds. The largest absolute Gasteiger partial charge is 0.507 e. The zero-order valence-electron chi connectivity index (χ0n) is 13.3. The first-order valence-corrected chi connectivity index (χ1v) is 7.24. The highest BCUT2D eigenvalue weighted by atomic mass is 16.5. The molecule has 1 heterocycles. The van der Waals surface area contributed by atoms with E-state index in [1.807, 2.05) is 0 Å². The van der Waals surface area contributed by atoms with E-state index in [1.165, 1.54) is 6.07 Å². The maximum atomic E-state index is 12.5. The summed E-state index contributed by atoms with van der Waals surface area (Å²) in [6, 6.07) is 4.27. The number of benzene rings is 2. The summed E-state index contributed by atoms with van der Waals surface area (Å²) < 4.78 is 5.36. The molecular weight excluding hydrogens is 348 g/mol. The van der Waals surface area contributed by atoms with Crippen molar-refractivity contribution in [2.75, 3.05) is 0 Å². The Morgan fingerprint density at radius 1 is 0.885 bits per heavy atom. The lowest BCUT2D eigenvalue weighted by Crippen LogP contribution is -2.20. The molecule has 1 aromatic heterocycles. The number of rotatable bonds is 2. The van der Waals surface area contributed by atoms with Crippen molar-refractivity contribution in [3.05, 3.63) is 40.1 Å². The minimum absolute atomic E-state index is 0.0361. The van der Waals surface area contributed by atoms with Crippen LogP contribution < -0.4 is 5.43 Å². The van der Waals surface area contributed by atoms with Crippen LogP contribution in [0.4, 0.5) is 0 Å². The zero-order valence-corrected chi connectivity index (χ0v) is 13.3. The Balaban J connectivity index is 2.39. The van der Waals surface area contributed by atoms with E-state index >= 15 is 0 Å². The van der Waals surface area contributed by atoms with Crippen LogP contribution >= 0.6 is 0 Å². The van der Waals surface area contributed by atoms with Gasteiger partial charge in [0.05, 0.1) is 5.56 Å². The molecule has 0 radical (unpaired) electrons. The van der Waals surface area contributed by atoms with Crippen molar-refractivity contribution in [1.82, 2.24) is 0 Å². The molecule has 136 valence electrons. The van der Waals surface area contributed by atoms with Crippen molar-refractivity contribution in [2.45, 2.75) is 12.7 Å². The quantitative estimate of drug-likeness (QED) is 0.261. The molecule has 0 aliphatic heterocycles. The molecule has 26 heavy (non-hydrogen) atoms. The van der Waals surface area contributed by atoms with Crippen LogP contribution in [0.2, 0.25) is 0 Å². The Labute approximate surface area is 144 Å². The molecule has 0 fully saturated rings. The summed E-state index contributed by atoms with van der Waals surface area (Å²) in [7, 11) is 0. The van der Waals surface area contributed by atoms with Gasteiger partial charge in [0.25, 0.3) is 0 Å². The average molecular weight is 362 g/mol. The molecule has 9 nitrogen and oxygen atoms in total. The van der Waals surface area contributed by atoms with Gasteiger partial charge in [-0.3, -0.25) is 4.79 Å². The van der Waals surface area contributed by atoms with Gasteiger partial charge in [0.2, 0.25) is 11.2 Å². The molecule has 0 saturated carbocycles. The fraction of sp³-hybridized carbons (Fsp3) is 0.118. The second-order valence-electron chi connectivity index (χ2n) is 5.83. The summed E-state index contributed by atoms with van der Waals surface area (Å²) in [6.07, 6.45) is 0. The van der Waals surface area contributed by atoms with Crippen molar-refractivity contribution >= 4 is 11.0 Å².